The summed E-state index contributed by atoms with van der Waals surface area (Å²) in [6.45, 7) is 1.93. The van der Waals surface area contributed by atoms with Gasteiger partial charge in [0, 0.05) is 5.56 Å². The Hall–Kier alpha value is -1.43. The molecule has 0 spiro atoms. The Bertz CT molecular complexity index is 589. The van der Waals surface area contributed by atoms with Crippen molar-refractivity contribution < 1.29 is 31.8 Å². The number of para-hydroxylation sites is 2. The molecular formula is C15H13ClMgO4. The molecule has 4 nitrogen and oxygen atoms in total. The van der Waals surface area contributed by atoms with E-state index in [1.807, 2.05) is 0 Å². The van der Waals surface area contributed by atoms with Crippen molar-refractivity contribution in [3.05, 3.63) is 48.5 Å². The zero-order valence-electron chi connectivity index (χ0n) is 11.5. The minimum Gasteiger partial charge on any atom is -1.00 e. The molecule has 0 N–H and O–H groups in total. The van der Waals surface area contributed by atoms with Gasteiger partial charge in [0.25, 0.3) is 0 Å². The van der Waals surface area contributed by atoms with E-state index in [9.17, 15) is 9.90 Å². The molecule has 0 saturated heterocycles. The Kier molecular flexibility index (Phi) is 8.84. The Labute approximate surface area is 145 Å². The molecule has 0 aliphatic rings. The first-order valence-electron chi connectivity index (χ1n) is 5.92. The van der Waals surface area contributed by atoms with Crippen LogP contribution in [0.15, 0.2) is 48.5 Å². The maximum Gasteiger partial charge on any atom is 2.00 e. The summed E-state index contributed by atoms with van der Waals surface area (Å²) in [7, 11) is 0. The van der Waals surface area contributed by atoms with Crippen LogP contribution in [-0.2, 0) is 4.74 Å². The van der Waals surface area contributed by atoms with Gasteiger partial charge in [-0.25, -0.2) is 4.79 Å². The molecule has 2 aromatic carbocycles. The molecule has 106 valence electrons. The van der Waals surface area contributed by atoms with Crippen LogP contribution in [0.25, 0.3) is 11.1 Å². The van der Waals surface area contributed by atoms with Crippen molar-refractivity contribution in [2.24, 2.45) is 0 Å². The zero-order valence-corrected chi connectivity index (χ0v) is 13.7. The number of halogens is 1. The van der Waals surface area contributed by atoms with Gasteiger partial charge in [-0.1, -0.05) is 42.5 Å². The van der Waals surface area contributed by atoms with Crippen molar-refractivity contribution in [1.82, 2.24) is 0 Å². The number of ether oxygens (including phenoxy) is 2. The number of hydrogen-bond donors (Lipinski definition) is 0. The van der Waals surface area contributed by atoms with Gasteiger partial charge < -0.3 is 27.0 Å². The number of hydrogen-bond acceptors (Lipinski definition) is 4. The van der Waals surface area contributed by atoms with E-state index in [1.165, 1.54) is 6.07 Å². The van der Waals surface area contributed by atoms with Gasteiger partial charge in [0.2, 0.25) is 0 Å². The van der Waals surface area contributed by atoms with Crippen molar-refractivity contribution in [3.63, 3.8) is 0 Å². The van der Waals surface area contributed by atoms with E-state index >= 15 is 0 Å². The quantitative estimate of drug-likeness (QED) is 0.439. The van der Waals surface area contributed by atoms with Gasteiger partial charge in [-0.15, -0.1) is 5.75 Å². The second kappa shape index (κ2) is 9.49. The fourth-order valence-corrected chi connectivity index (χ4v) is 1.70. The minimum absolute atomic E-state index is 0. The monoisotopic (exact) mass is 316 g/mol. The summed E-state index contributed by atoms with van der Waals surface area (Å²) in [5.74, 6) is 0.187. The Morgan fingerprint density at radius 1 is 1.05 bits per heavy atom. The van der Waals surface area contributed by atoms with E-state index in [0.717, 1.165) is 0 Å². The van der Waals surface area contributed by atoms with Crippen molar-refractivity contribution >= 4 is 29.2 Å². The molecule has 0 aliphatic carbocycles. The molecule has 0 heterocycles. The first-order chi connectivity index (χ1) is 9.22. The van der Waals surface area contributed by atoms with E-state index in [0.29, 0.717) is 16.9 Å². The molecule has 2 aromatic rings. The van der Waals surface area contributed by atoms with Crippen molar-refractivity contribution in [3.8, 4) is 22.6 Å². The van der Waals surface area contributed by atoms with Crippen LogP contribution in [0.3, 0.4) is 0 Å². The van der Waals surface area contributed by atoms with Crippen LogP contribution in [-0.4, -0.2) is 35.8 Å². The van der Waals surface area contributed by atoms with Crippen LogP contribution in [0.4, 0.5) is 4.79 Å². The van der Waals surface area contributed by atoms with Gasteiger partial charge >= 0.3 is 29.2 Å². The molecule has 0 aliphatic heterocycles. The molecule has 0 bridgehead atoms. The fourth-order valence-electron chi connectivity index (χ4n) is 1.70. The summed E-state index contributed by atoms with van der Waals surface area (Å²) in [6.07, 6.45) is -0.779. The van der Waals surface area contributed by atoms with Gasteiger partial charge in [-0.3, -0.25) is 0 Å². The predicted octanol–water partition coefficient (Wildman–Crippen LogP) is -0.414. The van der Waals surface area contributed by atoms with E-state index in [1.54, 1.807) is 49.4 Å². The predicted molar refractivity (Wildman–Crippen MR) is 74.7 cm³/mol. The van der Waals surface area contributed by atoms with Crippen LogP contribution in [0.1, 0.15) is 6.92 Å². The average Bonchev–Trinajstić information content (AvgIpc) is 2.40. The van der Waals surface area contributed by atoms with Crippen LogP contribution >= 0.6 is 0 Å². The average molecular weight is 317 g/mol. The molecule has 6 heteroatoms. The third kappa shape index (κ3) is 5.11. The summed E-state index contributed by atoms with van der Waals surface area (Å²) in [6, 6.07) is 13.4. The van der Waals surface area contributed by atoms with Crippen LogP contribution in [0.5, 0.6) is 11.5 Å². The van der Waals surface area contributed by atoms with Gasteiger partial charge in [0.05, 0.1) is 6.61 Å². The molecule has 0 atom stereocenters. The standard InChI is InChI=1S/C15H14O4.ClH.Mg/c1-2-18-15(17)19-14-10-6-4-8-12(14)11-7-3-5-9-13(11)16;;/h3-10,16H,2H2,1H3;1H;/q;;+2/p-2. The van der Waals surface area contributed by atoms with Crippen LogP contribution < -0.4 is 22.3 Å². The first-order valence-corrected chi connectivity index (χ1v) is 5.92. The number of benzene rings is 2. The van der Waals surface area contributed by atoms with Crippen molar-refractivity contribution in [2.45, 2.75) is 6.92 Å². The molecule has 0 amide bonds. The second-order valence-electron chi connectivity index (χ2n) is 3.78. The molecular weight excluding hydrogens is 304 g/mol. The van der Waals surface area contributed by atoms with Crippen LogP contribution in [0.2, 0.25) is 0 Å². The maximum absolute atomic E-state index is 11.8. The van der Waals surface area contributed by atoms with Crippen LogP contribution in [0, 0.1) is 0 Å². The smallest absolute Gasteiger partial charge is 1.00 e. The summed E-state index contributed by atoms with van der Waals surface area (Å²) in [5, 5.41) is 11.8. The van der Waals surface area contributed by atoms with Crippen molar-refractivity contribution in [2.75, 3.05) is 6.61 Å². The molecule has 0 aromatic heterocycles. The first kappa shape index (κ1) is 19.6. The van der Waals surface area contributed by atoms with Crippen molar-refractivity contribution in [1.29, 1.82) is 0 Å². The van der Waals surface area contributed by atoms with E-state index < -0.39 is 6.16 Å². The topological polar surface area (TPSA) is 58.6 Å². The number of carbonyl (C=O) groups is 1. The van der Waals surface area contributed by atoms with Gasteiger partial charge in [0.1, 0.15) is 5.75 Å². The molecule has 0 radical (unpaired) electrons. The van der Waals surface area contributed by atoms with Gasteiger partial charge in [-0.2, -0.15) is 0 Å². The Balaban J connectivity index is 0.00000200. The molecule has 2 rings (SSSR count). The molecule has 21 heavy (non-hydrogen) atoms. The van der Waals surface area contributed by atoms with E-state index in [2.05, 4.69) is 0 Å². The Morgan fingerprint density at radius 3 is 2.24 bits per heavy atom. The van der Waals surface area contributed by atoms with Gasteiger partial charge in [-0.05, 0) is 18.6 Å². The van der Waals surface area contributed by atoms with E-state index in [4.69, 9.17) is 9.47 Å². The normalized spacial score (nSPS) is 9.00. The van der Waals surface area contributed by atoms with Gasteiger partial charge in [0.15, 0.2) is 0 Å². The Morgan fingerprint density at radius 2 is 1.62 bits per heavy atom. The molecule has 0 fully saturated rings. The SMILES string of the molecule is CCOC(=O)Oc1ccccc1-c1ccccc1[O-].[Cl-].[Mg+2]. The molecule has 0 unspecified atom stereocenters. The summed E-state index contributed by atoms with van der Waals surface area (Å²) < 4.78 is 9.82. The minimum atomic E-state index is -0.779. The number of rotatable bonds is 3. The largest absolute Gasteiger partial charge is 2.00 e. The third-order valence-corrected chi connectivity index (χ3v) is 2.52. The summed E-state index contributed by atoms with van der Waals surface area (Å²) in [4.78, 5) is 11.4. The summed E-state index contributed by atoms with van der Waals surface area (Å²) >= 11 is 0. The fraction of sp³-hybridized carbons (Fsp3) is 0.133. The summed E-state index contributed by atoms with van der Waals surface area (Å²) in [5.41, 5.74) is 1.06. The molecule has 0 saturated carbocycles. The van der Waals surface area contributed by atoms with E-state index in [-0.39, 0.29) is 47.8 Å². The zero-order chi connectivity index (χ0) is 13.7. The third-order valence-electron chi connectivity index (χ3n) is 2.52. The maximum atomic E-state index is 11.8. The second-order valence-corrected chi connectivity index (χ2v) is 3.78. The number of carbonyl (C=O) groups excluding carboxylic acids is 1.